The molecule has 0 aliphatic heterocycles. The van der Waals surface area contributed by atoms with E-state index >= 15 is 0 Å². The predicted octanol–water partition coefficient (Wildman–Crippen LogP) is 4.11. The molecule has 3 aromatic rings. The lowest BCUT2D eigenvalue weighted by Crippen LogP contribution is -2.13. The maximum Gasteiger partial charge on any atom is 0.261 e. The minimum absolute atomic E-state index is 0.239. The van der Waals surface area contributed by atoms with Crippen LogP contribution in [0.5, 0.6) is 0 Å². The normalized spacial score (nSPS) is 11.5. The lowest BCUT2D eigenvalue weighted by Gasteiger charge is -2.11. The quantitative estimate of drug-likeness (QED) is 0.748. The van der Waals surface area contributed by atoms with Crippen molar-refractivity contribution in [3.8, 4) is 0 Å². The van der Waals surface area contributed by atoms with Gasteiger partial charge >= 0.3 is 0 Å². The molecule has 22 heavy (non-hydrogen) atoms. The fourth-order valence-corrected chi connectivity index (χ4v) is 3.69. The molecule has 1 aromatic heterocycles. The van der Waals surface area contributed by atoms with E-state index in [2.05, 4.69) is 25.6 Å². The van der Waals surface area contributed by atoms with Gasteiger partial charge in [-0.25, -0.2) is 8.42 Å². The lowest BCUT2D eigenvalue weighted by molar-refractivity contribution is 0.601. The molecule has 0 aliphatic rings. The number of hydrogen-bond donors (Lipinski definition) is 1. The number of nitrogens with one attached hydrogen (secondary N) is 1. The second-order valence-corrected chi connectivity index (χ2v) is 7.47. The summed E-state index contributed by atoms with van der Waals surface area (Å²) in [6.07, 6.45) is 3.33. The summed E-state index contributed by atoms with van der Waals surface area (Å²) in [7, 11) is -3.62. The van der Waals surface area contributed by atoms with Gasteiger partial charge in [0, 0.05) is 27.6 Å². The molecule has 1 heterocycles. The highest BCUT2D eigenvalue weighted by atomic mass is 79.9. The van der Waals surface area contributed by atoms with Crippen LogP contribution in [0, 0.1) is 6.92 Å². The van der Waals surface area contributed by atoms with Gasteiger partial charge in [0.25, 0.3) is 10.0 Å². The van der Waals surface area contributed by atoms with Crippen LogP contribution >= 0.6 is 15.9 Å². The van der Waals surface area contributed by atoms with Crippen LogP contribution in [0.2, 0.25) is 0 Å². The SMILES string of the molecule is Cc1ccc(S(=O)(=O)Nc2ccc(Br)c3cnccc23)cc1. The number of pyridine rings is 1. The van der Waals surface area contributed by atoms with Gasteiger partial charge in [-0.3, -0.25) is 9.71 Å². The van der Waals surface area contributed by atoms with Gasteiger partial charge in [0.15, 0.2) is 0 Å². The van der Waals surface area contributed by atoms with E-state index in [1.807, 2.05) is 6.92 Å². The maximum absolute atomic E-state index is 12.5. The zero-order valence-corrected chi connectivity index (χ0v) is 14.1. The summed E-state index contributed by atoms with van der Waals surface area (Å²) in [6.45, 7) is 1.92. The van der Waals surface area contributed by atoms with Crippen molar-refractivity contribution in [2.24, 2.45) is 0 Å². The maximum atomic E-state index is 12.5. The number of aromatic nitrogens is 1. The average molecular weight is 377 g/mol. The summed E-state index contributed by atoms with van der Waals surface area (Å²) in [5, 5.41) is 1.65. The second kappa shape index (κ2) is 5.70. The number of aryl methyl sites for hydroxylation is 1. The standard InChI is InChI=1S/C16H13BrN2O2S/c1-11-2-4-12(5-3-11)22(20,21)19-16-7-6-15(17)14-10-18-9-8-13(14)16/h2-10,19H,1H3. The molecule has 4 nitrogen and oxygen atoms in total. The Kier molecular flexibility index (Phi) is 3.88. The first-order valence-corrected chi connectivity index (χ1v) is 8.87. The van der Waals surface area contributed by atoms with Crippen LogP contribution in [-0.2, 0) is 10.0 Å². The summed E-state index contributed by atoms with van der Waals surface area (Å²) in [5.74, 6) is 0. The highest BCUT2D eigenvalue weighted by molar-refractivity contribution is 9.10. The van der Waals surface area contributed by atoms with Crippen molar-refractivity contribution in [2.45, 2.75) is 11.8 Å². The Morgan fingerprint density at radius 2 is 1.73 bits per heavy atom. The summed E-state index contributed by atoms with van der Waals surface area (Å²) in [6, 6.07) is 12.1. The number of fused-ring (bicyclic) bond motifs is 1. The van der Waals surface area contributed by atoms with Crippen molar-refractivity contribution in [2.75, 3.05) is 4.72 Å². The molecule has 0 saturated heterocycles. The molecule has 0 unspecified atom stereocenters. The van der Waals surface area contributed by atoms with Gasteiger partial charge in [-0.2, -0.15) is 0 Å². The predicted molar refractivity (Wildman–Crippen MR) is 91.4 cm³/mol. The zero-order valence-electron chi connectivity index (χ0n) is 11.7. The number of rotatable bonds is 3. The second-order valence-electron chi connectivity index (χ2n) is 4.93. The molecule has 2 aromatic carbocycles. The molecule has 0 atom stereocenters. The third-order valence-electron chi connectivity index (χ3n) is 3.34. The van der Waals surface area contributed by atoms with Crippen LogP contribution in [-0.4, -0.2) is 13.4 Å². The Morgan fingerprint density at radius 3 is 2.45 bits per heavy atom. The Hall–Kier alpha value is -1.92. The van der Waals surface area contributed by atoms with E-state index in [4.69, 9.17) is 0 Å². The summed E-state index contributed by atoms with van der Waals surface area (Å²) < 4.78 is 28.5. The Morgan fingerprint density at radius 1 is 1.00 bits per heavy atom. The van der Waals surface area contributed by atoms with E-state index in [0.29, 0.717) is 5.69 Å². The largest absolute Gasteiger partial charge is 0.279 e. The smallest absolute Gasteiger partial charge is 0.261 e. The fraction of sp³-hybridized carbons (Fsp3) is 0.0625. The van der Waals surface area contributed by atoms with E-state index in [1.165, 1.54) is 0 Å². The van der Waals surface area contributed by atoms with Crippen LogP contribution in [0.3, 0.4) is 0 Å². The molecular formula is C16H13BrN2O2S. The minimum atomic E-state index is -3.62. The minimum Gasteiger partial charge on any atom is -0.279 e. The number of halogens is 1. The first kappa shape index (κ1) is 15.0. The Bertz CT molecular complexity index is 938. The van der Waals surface area contributed by atoms with Crippen molar-refractivity contribution >= 4 is 42.4 Å². The van der Waals surface area contributed by atoms with Crippen molar-refractivity contribution in [1.29, 1.82) is 0 Å². The third-order valence-corrected chi connectivity index (χ3v) is 5.41. The van der Waals surface area contributed by atoms with E-state index < -0.39 is 10.0 Å². The molecule has 0 aliphatic carbocycles. The monoisotopic (exact) mass is 376 g/mol. The van der Waals surface area contributed by atoms with Crippen LogP contribution in [0.4, 0.5) is 5.69 Å². The summed E-state index contributed by atoms with van der Waals surface area (Å²) >= 11 is 3.45. The molecule has 0 amide bonds. The van der Waals surface area contributed by atoms with Gasteiger partial charge in [-0.1, -0.05) is 33.6 Å². The van der Waals surface area contributed by atoms with E-state index in [-0.39, 0.29) is 4.90 Å². The molecule has 112 valence electrons. The van der Waals surface area contributed by atoms with Gasteiger partial charge < -0.3 is 0 Å². The summed E-state index contributed by atoms with van der Waals surface area (Å²) in [4.78, 5) is 4.31. The Labute approximate surface area is 137 Å². The number of sulfonamides is 1. The van der Waals surface area contributed by atoms with Crippen LogP contribution in [0.25, 0.3) is 10.8 Å². The summed E-state index contributed by atoms with van der Waals surface area (Å²) in [5.41, 5.74) is 1.54. The van der Waals surface area contributed by atoms with Crippen LogP contribution in [0.15, 0.2) is 64.2 Å². The number of hydrogen-bond acceptors (Lipinski definition) is 3. The molecule has 0 radical (unpaired) electrons. The van der Waals surface area contributed by atoms with Crippen molar-refractivity contribution < 1.29 is 8.42 Å². The van der Waals surface area contributed by atoms with Crippen molar-refractivity contribution in [3.63, 3.8) is 0 Å². The lowest BCUT2D eigenvalue weighted by atomic mass is 10.1. The van der Waals surface area contributed by atoms with Gasteiger partial charge in [0.2, 0.25) is 0 Å². The highest BCUT2D eigenvalue weighted by Crippen LogP contribution is 2.30. The van der Waals surface area contributed by atoms with Crippen molar-refractivity contribution in [3.05, 3.63) is 64.9 Å². The molecule has 1 N–H and O–H groups in total. The van der Waals surface area contributed by atoms with Crippen LogP contribution < -0.4 is 4.72 Å². The molecular weight excluding hydrogens is 364 g/mol. The fourth-order valence-electron chi connectivity index (χ4n) is 2.17. The van der Waals surface area contributed by atoms with Crippen molar-refractivity contribution in [1.82, 2.24) is 4.98 Å². The molecule has 0 fully saturated rings. The highest BCUT2D eigenvalue weighted by Gasteiger charge is 2.15. The average Bonchev–Trinajstić information content (AvgIpc) is 2.51. The topological polar surface area (TPSA) is 59.1 Å². The molecule has 6 heteroatoms. The van der Waals surface area contributed by atoms with Gasteiger partial charge in [-0.15, -0.1) is 0 Å². The molecule has 0 bridgehead atoms. The van der Waals surface area contributed by atoms with Crippen LogP contribution in [0.1, 0.15) is 5.56 Å². The van der Waals surface area contributed by atoms with Gasteiger partial charge in [0.05, 0.1) is 10.6 Å². The number of anilines is 1. The molecule has 0 spiro atoms. The molecule has 3 rings (SSSR count). The third kappa shape index (κ3) is 2.84. The first-order valence-electron chi connectivity index (χ1n) is 6.59. The molecule has 0 saturated carbocycles. The van der Waals surface area contributed by atoms with Gasteiger partial charge in [0.1, 0.15) is 0 Å². The van der Waals surface area contributed by atoms with Gasteiger partial charge in [-0.05, 0) is 37.3 Å². The number of benzene rings is 2. The van der Waals surface area contributed by atoms with E-state index in [9.17, 15) is 8.42 Å². The van der Waals surface area contributed by atoms with E-state index in [0.717, 1.165) is 20.8 Å². The first-order chi connectivity index (χ1) is 10.5. The zero-order chi connectivity index (χ0) is 15.7. The van der Waals surface area contributed by atoms with E-state index in [1.54, 1.807) is 54.9 Å². The number of nitrogens with zero attached hydrogens (tertiary/aromatic N) is 1. The Balaban J connectivity index is 2.06.